The second-order valence-corrected chi connectivity index (χ2v) is 8.10. The molecular weight excluding hydrogens is 311 g/mol. The zero-order valence-corrected chi connectivity index (χ0v) is 14.5. The van der Waals surface area contributed by atoms with Gasteiger partial charge in [0.1, 0.15) is 5.82 Å². The monoisotopic (exact) mass is 334 g/mol. The van der Waals surface area contributed by atoms with Crippen LogP contribution in [0.15, 0.2) is 17.0 Å². The van der Waals surface area contributed by atoms with Crippen LogP contribution in [-0.2, 0) is 10.0 Å². The molecule has 0 amide bonds. The maximum Gasteiger partial charge on any atom is 0.240 e. The fourth-order valence-corrected chi connectivity index (χ4v) is 4.22. The van der Waals surface area contributed by atoms with Gasteiger partial charge in [0.2, 0.25) is 10.0 Å². The third-order valence-corrected chi connectivity index (χ3v) is 6.84. The maximum atomic E-state index is 13.5. The van der Waals surface area contributed by atoms with Crippen LogP contribution in [0.1, 0.15) is 32.3 Å². The van der Waals surface area contributed by atoms with Gasteiger partial charge in [-0.05, 0) is 43.7 Å². The van der Waals surface area contributed by atoms with Crippen LogP contribution >= 0.6 is 11.8 Å². The molecule has 120 valence electrons. The van der Waals surface area contributed by atoms with E-state index in [1.807, 2.05) is 20.1 Å². The Morgan fingerprint density at radius 2 is 1.90 bits per heavy atom. The van der Waals surface area contributed by atoms with Crippen molar-refractivity contribution in [3.8, 4) is 0 Å². The molecule has 4 nitrogen and oxygen atoms in total. The van der Waals surface area contributed by atoms with Gasteiger partial charge in [-0.15, -0.1) is 0 Å². The summed E-state index contributed by atoms with van der Waals surface area (Å²) in [4.78, 5) is 0.00103. The average molecular weight is 334 g/mol. The topological polar surface area (TPSA) is 72.2 Å². The number of aryl methyl sites for hydroxylation is 1. The summed E-state index contributed by atoms with van der Waals surface area (Å²) in [6.07, 6.45) is 3.69. The third-order valence-electron chi connectivity index (χ3n) is 3.87. The molecule has 0 aliphatic carbocycles. The highest BCUT2D eigenvalue weighted by Gasteiger charge is 2.28. The van der Waals surface area contributed by atoms with Crippen molar-refractivity contribution >= 4 is 27.5 Å². The number of hydrogen-bond donors (Lipinski definition) is 2. The summed E-state index contributed by atoms with van der Waals surface area (Å²) in [6.45, 7) is 5.90. The molecule has 7 heteroatoms. The summed E-state index contributed by atoms with van der Waals surface area (Å²) >= 11 is 1.65. The Morgan fingerprint density at radius 1 is 1.33 bits per heavy atom. The Kier molecular flexibility index (Phi) is 6.07. The van der Waals surface area contributed by atoms with Gasteiger partial charge in [0.25, 0.3) is 0 Å². The van der Waals surface area contributed by atoms with Crippen LogP contribution in [0.5, 0.6) is 0 Å². The number of nitrogen functional groups attached to an aromatic ring is 1. The molecular formula is C14H23FN2O2S2. The molecule has 0 saturated heterocycles. The van der Waals surface area contributed by atoms with E-state index in [-0.39, 0.29) is 20.9 Å². The number of nitrogens with one attached hydrogen (secondary N) is 1. The highest BCUT2D eigenvalue weighted by Crippen LogP contribution is 2.30. The van der Waals surface area contributed by atoms with E-state index in [1.165, 1.54) is 13.0 Å². The molecule has 0 saturated carbocycles. The smallest absolute Gasteiger partial charge is 0.240 e. The van der Waals surface area contributed by atoms with Gasteiger partial charge < -0.3 is 5.73 Å². The molecule has 1 rings (SSSR count). The first-order valence-corrected chi connectivity index (χ1v) is 9.52. The molecule has 1 aromatic carbocycles. The molecule has 3 N–H and O–H groups in total. The van der Waals surface area contributed by atoms with Crippen LogP contribution in [0.2, 0.25) is 0 Å². The van der Waals surface area contributed by atoms with Crippen molar-refractivity contribution in [2.75, 3.05) is 18.5 Å². The summed E-state index contributed by atoms with van der Waals surface area (Å²) < 4.78 is 40.7. The van der Waals surface area contributed by atoms with Crippen LogP contribution in [0.4, 0.5) is 10.1 Å². The van der Waals surface area contributed by atoms with Crippen molar-refractivity contribution in [2.45, 2.75) is 43.3 Å². The van der Waals surface area contributed by atoms with Gasteiger partial charge in [-0.25, -0.2) is 17.5 Å². The lowest BCUT2D eigenvalue weighted by Crippen LogP contribution is -2.39. The first-order chi connectivity index (χ1) is 9.71. The van der Waals surface area contributed by atoms with Crippen molar-refractivity contribution in [1.82, 2.24) is 4.72 Å². The number of hydrogen-bond acceptors (Lipinski definition) is 4. The van der Waals surface area contributed by atoms with E-state index in [0.717, 1.165) is 18.9 Å². The number of sulfonamides is 1. The fraction of sp³-hybridized carbons (Fsp3) is 0.571. The molecule has 0 unspecified atom stereocenters. The summed E-state index contributed by atoms with van der Waals surface area (Å²) in [5, 5.41) is 0. The predicted molar refractivity (Wildman–Crippen MR) is 87.6 cm³/mol. The lowest BCUT2D eigenvalue weighted by atomic mass is 10.0. The quantitative estimate of drug-likeness (QED) is 0.752. The Morgan fingerprint density at radius 3 is 2.33 bits per heavy atom. The molecule has 1 aromatic rings. The van der Waals surface area contributed by atoms with Gasteiger partial charge in [-0.2, -0.15) is 11.8 Å². The molecule has 0 fully saturated rings. The minimum atomic E-state index is -3.70. The van der Waals surface area contributed by atoms with Crippen LogP contribution in [-0.4, -0.2) is 26.0 Å². The molecule has 21 heavy (non-hydrogen) atoms. The summed E-state index contributed by atoms with van der Waals surface area (Å²) in [5.41, 5.74) is 5.57. The zero-order chi connectivity index (χ0) is 16.3. The minimum Gasteiger partial charge on any atom is -0.396 e. The van der Waals surface area contributed by atoms with Gasteiger partial charge in [0, 0.05) is 11.3 Å². The Bertz CT molecular complexity index is 568. The zero-order valence-electron chi connectivity index (χ0n) is 12.9. The molecule has 0 radical (unpaired) electrons. The van der Waals surface area contributed by atoms with Crippen molar-refractivity contribution < 1.29 is 12.8 Å². The third kappa shape index (κ3) is 4.11. The number of benzene rings is 1. The number of rotatable bonds is 7. The van der Waals surface area contributed by atoms with E-state index in [4.69, 9.17) is 5.73 Å². The number of nitrogens with two attached hydrogens (primary N) is 1. The van der Waals surface area contributed by atoms with Crippen LogP contribution in [0.25, 0.3) is 0 Å². The van der Waals surface area contributed by atoms with Gasteiger partial charge in [0.15, 0.2) is 0 Å². The summed E-state index contributed by atoms with van der Waals surface area (Å²) in [5.74, 6) is -0.575. The largest absolute Gasteiger partial charge is 0.396 e. The van der Waals surface area contributed by atoms with E-state index in [0.29, 0.717) is 6.54 Å². The SMILES string of the molecule is CCC(CC)(CNS(=O)(=O)c1cc(C)c(F)c(N)c1)SC. The molecule has 0 heterocycles. The summed E-state index contributed by atoms with van der Waals surface area (Å²) in [6, 6.07) is 2.45. The van der Waals surface area contributed by atoms with Gasteiger partial charge in [-0.3, -0.25) is 0 Å². The van der Waals surface area contributed by atoms with Crippen LogP contribution < -0.4 is 10.5 Å². The minimum absolute atomic E-state index is 0.00103. The molecule has 0 bridgehead atoms. The van der Waals surface area contributed by atoms with Gasteiger partial charge in [0.05, 0.1) is 10.6 Å². The number of thioether (sulfide) groups is 1. The highest BCUT2D eigenvalue weighted by molar-refractivity contribution is 8.00. The van der Waals surface area contributed by atoms with Crippen LogP contribution in [0.3, 0.4) is 0 Å². The van der Waals surface area contributed by atoms with Crippen molar-refractivity contribution in [3.63, 3.8) is 0 Å². The maximum absolute atomic E-state index is 13.5. The molecule has 0 aliphatic heterocycles. The predicted octanol–water partition coefficient (Wildman–Crippen LogP) is 2.92. The second-order valence-electron chi connectivity index (χ2n) is 5.06. The Labute approximate surface area is 130 Å². The van der Waals surface area contributed by atoms with E-state index < -0.39 is 15.8 Å². The van der Waals surface area contributed by atoms with E-state index >= 15 is 0 Å². The lowest BCUT2D eigenvalue weighted by molar-refractivity contribution is 0.522. The number of anilines is 1. The van der Waals surface area contributed by atoms with Crippen molar-refractivity contribution in [1.29, 1.82) is 0 Å². The van der Waals surface area contributed by atoms with E-state index in [9.17, 15) is 12.8 Å². The standard InChI is InChI=1S/C14H23FN2O2S2/c1-5-14(6-2,20-4)9-17-21(18,19)11-7-10(3)13(15)12(16)8-11/h7-8,17H,5-6,9,16H2,1-4H3. The lowest BCUT2D eigenvalue weighted by Gasteiger charge is -2.29. The van der Waals surface area contributed by atoms with Crippen LogP contribution in [0, 0.1) is 12.7 Å². The Hall–Kier alpha value is -0.790. The molecule has 0 aromatic heterocycles. The molecule has 0 spiro atoms. The van der Waals surface area contributed by atoms with Gasteiger partial charge >= 0.3 is 0 Å². The van der Waals surface area contributed by atoms with Crippen molar-refractivity contribution in [2.24, 2.45) is 0 Å². The van der Waals surface area contributed by atoms with Crippen molar-refractivity contribution in [3.05, 3.63) is 23.5 Å². The molecule has 0 atom stereocenters. The first kappa shape index (κ1) is 18.3. The van der Waals surface area contributed by atoms with Gasteiger partial charge in [-0.1, -0.05) is 13.8 Å². The molecule has 0 aliphatic rings. The summed E-state index contributed by atoms with van der Waals surface area (Å²) in [7, 11) is -3.70. The van der Waals surface area contributed by atoms with E-state index in [2.05, 4.69) is 4.72 Å². The van der Waals surface area contributed by atoms with E-state index in [1.54, 1.807) is 11.8 Å². The second kappa shape index (κ2) is 6.98. The normalized spacial score (nSPS) is 12.6. The Balaban J connectivity index is 3.03. The fourth-order valence-electron chi connectivity index (χ4n) is 2.09. The first-order valence-electron chi connectivity index (χ1n) is 6.81. The number of halogens is 1. The average Bonchev–Trinajstić information content (AvgIpc) is 2.46. The highest BCUT2D eigenvalue weighted by atomic mass is 32.2.